The maximum absolute atomic E-state index is 11.4. The maximum atomic E-state index is 11.4. The summed E-state index contributed by atoms with van der Waals surface area (Å²) in [6.45, 7) is 5.32. The van der Waals surface area contributed by atoms with Gasteiger partial charge in [0.2, 0.25) is 5.91 Å². The van der Waals surface area contributed by atoms with Gasteiger partial charge in [-0.3, -0.25) is 4.79 Å². The highest BCUT2D eigenvalue weighted by atomic mass is 16.4. The van der Waals surface area contributed by atoms with Crippen molar-refractivity contribution in [2.24, 2.45) is 5.73 Å². The van der Waals surface area contributed by atoms with E-state index in [9.17, 15) is 9.59 Å². The van der Waals surface area contributed by atoms with Crippen LogP contribution in [0.25, 0.3) is 0 Å². The number of carboxylic acids is 1. The third-order valence-electron chi connectivity index (χ3n) is 1.83. The van der Waals surface area contributed by atoms with Crippen molar-refractivity contribution in [2.45, 2.75) is 51.6 Å². The smallest absolute Gasteiger partial charge is 0.326 e. The van der Waals surface area contributed by atoms with Gasteiger partial charge >= 0.3 is 5.97 Å². The number of amides is 1. The Bertz CT molecular complexity index is 233. The van der Waals surface area contributed by atoms with Crippen LogP contribution in [0.3, 0.4) is 0 Å². The van der Waals surface area contributed by atoms with Gasteiger partial charge in [-0.05, 0) is 20.3 Å². The zero-order valence-electron chi connectivity index (χ0n) is 9.54. The van der Waals surface area contributed by atoms with Gasteiger partial charge in [-0.2, -0.15) is 0 Å². The van der Waals surface area contributed by atoms with E-state index in [1.54, 1.807) is 13.8 Å². The molecular formula is C10H20N2O3. The van der Waals surface area contributed by atoms with E-state index in [1.807, 2.05) is 6.92 Å². The number of nitrogens with one attached hydrogen (secondary N) is 1. The van der Waals surface area contributed by atoms with Crippen molar-refractivity contribution in [2.75, 3.05) is 0 Å². The minimum absolute atomic E-state index is 0.125. The third kappa shape index (κ3) is 6.90. The fraction of sp³-hybridized carbons (Fsp3) is 0.800. The molecule has 5 nitrogen and oxygen atoms in total. The van der Waals surface area contributed by atoms with Gasteiger partial charge in [0.25, 0.3) is 0 Å². The predicted molar refractivity (Wildman–Crippen MR) is 57.4 cm³/mol. The molecule has 1 amide bonds. The van der Waals surface area contributed by atoms with E-state index in [1.165, 1.54) is 0 Å². The molecule has 0 bridgehead atoms. The lowest BCUT2D eigenvalue weighted by atomic mass is 10.0. The molecule has 0 heterocycles. The minimum atomic E-state index is -1.000. The van der Waals surface area contributed by atoms with Crippen molar-refractivity contribution in [3.63, 3.8) is 0 Å². The van der Waals surface area contributed by atoms with Crippen LogP contribution in [0.15, 0.2) is 0 Å². The maximum Gasteiger partial charge on any atom is 0.326 e. The van der Waals surface area contributed by atoms with Crippen LogP contribution in [0.2, 0.25) is 0 Å². The van der Waals surface area contributed by atoms with Crippen LogP contribution in [-0.4, -0.2) is 28.6 Å². The van der Waals surface area contributed by atoms with Crippen LogP contribution in [-0.2, 0) is 9.59 Å². The second-order valence-corrected chi connectivity index (χ2v) is 4.41. The minimum Gasteiger partial charge on any atom is -0.480 e. The lowest BCUT2D eigenvalue weighted by Crippen LogP contribution is -2.45. The first-order chi connectivity index (χ1) is 6.76. The van der Waals surface area contributed by atoms with Gasteiger partial charge in [0.15, 0.2) is 0 Å². The number of hydrogen-bond donors (Lipinski definition) is 3. The molecule has 4 N–H and O–H groups in total. The molecule has 0 aliphatic rings. The SMILES string of the molecule is CCC[C@H](NC(=O)CC(C)(C)N)C(=O)O. The summed E-state index contributed by atoms with van der Waals surface area (Å²) in [5.74, 6) is -1.32. The summed E-state index contributed by atoms with van der Waals surface area (Å²) in [5, 5.41) is 11.3. The van der Waals surface area contributed by atoms with Gasteiger partial charge in [0.05, 0.1) is 0 Å². The fourth-order valence-corrected chi connectivity index (χ4v) is 1.21. The summed E-state index contributed by atoms with van der Waals surface area (Å²) in [6.07, 6.45) is 1.27. The molecule has 0 aromatic heterocycles. The van der Waals surface area contributed by atoms with Crippen LogP contribution in [0.1, 0.15) is 40.0 Å². The van der Waals surface area contributed by atoms with E-state index in [2.05, 4.69) is 5.32 Å². The summed E-state index contributed by atoms with van der Waals surface area (Å²) >= 11 is 0. The Hall–Kier alpha value is -1.10. The predicted octanol–water partition coefficient (Wildman–Crippen LogP) is 0.483. The molecule has 1 atom stereocenters. The Kier molecular flexibility index (Phi) is 5.28. The molecule has 0 spiro atoms. The van der Waals surface area contributed by atoms with Crippen LogP contribution in [0.5, 0.6) is 0 Å². The van der Waals surface area contributed by atoms with Crippen LogP contribution in [0, 0.1) is 0 Å². The monoisotopic (exact) mass is 216 g/mol. The average molecular weight is 216 g/mol. The lowest BCUT2D eigenvalue weighted by molar-refractivity contribution is -0.142. The largest absolute Gasteiger partial charge is 0.480 e. The molecule has 0 aromatic carbocycles. The van der Waals surface area contributed by atoms with Crippen LogP contribution in [0.4, 0.5) is 0 Å². The van der Waals surface area contributed by atoms with Gasteiger partial charge in [0.1, 0.15) is 6.04 Å². The number of carboxylic acid groups (broad SMARTS) is 1. The van der Waals surface area contributed by atoms with Gasteiger partial charge in [-0.1, -0.05) is 13.3 Å². The zero-order chi connectivity index (χ0) is 12.1. The van der Waals surface area contributed by atoms with Crippen molar-refractivity contribution in [1.82, 2.24) is 5.32 Å². The first kappa shape index (κ1) is 13.9. The van der Waals surface area contributed by atoms with E-state index in [0.717, 1.165) is 0 Å². The third-order valence-corrected chi connectivity index (χ3v) is 1.83. The summed E-state index contributed by atoms with van der Waals surface area (Å²) in [6, 6.07) is -0.801. The second-order valence-electron chi connectivity index (χ2n) is 4.41. The van der Waals surface area contributed by atoms with Crippen LogP contribution < -0.4 is 11.1 Å². The van der Waals surface area contributed by atoms with E-state index < -0.39 is 17.6 Å². The summed E-state index contributed by atoms with van der Waals surface area (Å²) < 4.78 is 0. The summed E-state index contributed by atoms with van der Waals surface area (Å²) in [5.41, 5.74) is 5.04. The number of carbonyl (C=O) groups is 2. The quantitative estimate of drug-likeness (QED) is 0.602. The van der Waals surface area contributed by atoms with Gasteiger partial charge < -0.3 is 16.2 Å². The Morgan fingerprint density at radius 1 is 1.47 bits per heavy atom. The van der Waals surface area contributed by atoms with Crippen molar-refractivity contribution in [1.29, 1.82) is 0 Å². The molecule has 0 unspecified atom stereocenters. The number of hydrogen-bond acceptors (Lipinski definition) is 3. The topological polar surface area (TPSA) is 92.4 Å². The Morgan fingerprint density at radius 2 is 2.00 bits per heavy atom. The molecule has 0 fully saturated rings. The van der Waals surface area contributed by atoms with E-state index >= 15 is 0 Å². The Labute approximate surface area is 90.0 Å². The molecular weight excluding hydrogens is 196 g/mol. The lowest BCUT2D eigenvalue weighted by Gasteiger charge is -2.20. The van der Waals surface area contributed by atoms with Crippen molar-refractivity contribution in [3.05, 3.63) is 0 Å². The summed E-state index contributed by atoms with van der Waals surface area (Å²) in [7, 11) is 0. The number of rotatable bonds is 6. The Morgan fingerprint density at radius 3 is 2.33 bits per heavy atom. The van der Waals surface area contributed by atoms with Crippen molar-refractivity contribution in [3.8, 4) is 0 Å². The molecule has 0 rings (SSSR count). The molecule has 0 aliphatic carbocycles. The number of aliphatic carboxylic acids is 1. The number of carbonyl (C=O) groups excluding carboxylic acids is 1. The highest BCUT2D eigenvalue weighted by Gasteiger charge is 2.22. The summed E-state index contributed by atoms with van der Waals surface area (Å²) in [4.78, 5) is 22.1. The molecule has 5 heteroatoms. The molecule has 0 saturated carbocycles. The molecule has 0 radical (unpaired) electrons. The number of nitrogens with two attached hydrogens (primary N) is 1. The molecule has 15 heavy (non-hydrogen) atoms. The molecule has 0 aliphatic heterocycles. The van der Waals surface area contributed by atoms with Gasteiger partial charge in [-0.25, -0.2) is 4.79 Å². The average Bonchev–Trinajstić information content (AvgIpc) is 1.99. The molecule has 0 aromatic rings. The standard InChI is InChI=1S/C10H20N2O3/c1-4-5-7(9(14)15)12-8(13)6-10(2,3)11/h7H,4-6,11H2,1-3H3,(H,12,13)(H,14,15)/t7-/m0/s1. The normalized spacial score (nSPS) is 13.3. The van der Waals surface area contributed by atoms with E-state index in [4.69, 9.17) is 10.8 Å². The van der Waals surface area contributed by atoms with Crippen molar-refractivity contribution >= 4 is 11.9 Å². The van der Waals surface area contributed by atoms with Gasteiger partial charge in [0, 0.05) is 12.0 Å². The Balaban J connectivity index is 4.18. The van der Waals surface area contributed by atoms with Crippen molar-refractivity contribution < 1.29 is 14.7 Å². The second kappa shape index (κ2) is 5.70. The zero-order valence-corrected chi connectivity index (χ0v) is 9.54. The van der Waals surface area contributed by atoms with Gasteiger partial charge in [-0.15, -0.1) is 0 Å². The highest BCUT2D eigenvalue weighted by molar-refractivity contribution is 5.84. The first-order valence-corrected chi connectivity index (χ1v) is 5.07. The fourth-order valence-electron chi connectivity index (χ4n) is 1.21. The van der Waals surface area contributed by atoms with E-state index in [-0.39, 0.29) is 12.3 Å². The van der Waals surface area contributed by atoms with E-state index in [0.29, 0.717) is 12.8 Å². The molecule has 0 saturated heterocycles. The van der Waals surface area contributed by atoms with Crippen LogP contribution >= 0.6 is 0 Å². The molecule has 88 valence electrons. The highest BCUT2D eigenvalue weighted by Crippen LogP contribution is 2.04. The first-order valence-electron chi connectivity index (χ1n) is 5.07.